The second-order valence-corrected chi connectivity index (χ2v) is 5.24. The van der Waals surface area contributed by atoms with Gasteiger partial charge in [-0.3, -0.25) is 4.79 Å². The zero-order valence-corrected chi connectivity index (χ0v) is 13.4. The second kappa shape index (κ2) is 8.19. The summed E-state index contributed by atoms with van der Waals surface area (Å²) in [4.78, 5) is 12.1. The van der Waals surface area contributed by atoms with Crippen molar-refractivity contribution in [1.29, 1.82) is 0 Å². The van der Waals surface area contributed by atoms with Crippen LogP contribution in [0.15, 0.2) is 48.5 Å². The Labute approximate surface area is 136 Å². The molecule has 0 aliphatic rings. The lowest BCUT2D eigenvalue weighted by molar-refractivity contribution is -0.120. The van der Waals surface area contributed by atoms with Gasteiger partial charge in [-0.2, -0.15) is 0 Å². The maximum Gasteiger partial charge on any atom is 0.239 e. The molecule has 0 bridgehead atoms. The maximum absolute atomic E-state index is 12.1. The first kappa shape index (κ1) is 16.8. The van der Waals surface area contributed by atoms with Crippen molar-refractivity contribution in [2.24, 2.45) is 0 Å². The minimum Gasteiger partial charge on any atom is -0.496 e. The van der Waals surface area contributed by atoms with Crippen molar-refractivity contribution in [1.82, 2.24) is 5.32 Å². The van der Waals surface area contributed by atoms with Gasteiger partial charge < -0.3 is 20.5 Å². The fourth-order valence-corrected chi connectivity index (χ4v) is 2.36. The predicted molar refractivity (Wildman–Crippen MR) is 90.4 cm³/mol. The van der Waals surface area contributed by atoms with E-state index < -0.39 is 0 Å². The summed E-state index contributed by atoms with van der Waals surface area (Å²) in [7, 11) is 1.61. The Morgan fingerprint density at radius 1 is 1.22 bits per heavy atom. The van der Waals surface area contributed by atoms with Crippen molar-refractivity contribution in [3.63, 3.8) is 0 Å². The Morgan fingerprint density at radius 2 is 2.00 bits per heavy atom. The van der Waals surface area contributed by atoms with Crippen LogP contribution in [0.5, 0.6) is 5.75 Å². The topological polar surface area (TPSA) is 70.6 Å². The first-order chi connectivity index (χ1) is 11.1. The summed E-state index contributed by atoms with van der Waals surface area (Å²) in [5, 5.41) is 15.1. The highest BCUT2D eigenvalue weighted by Crippen LogP contribution is 2.24. The summed E-state index contributed by atoms with van der Waals surface area (Å²) in [6.45, 7) is 2.06. The van der Waals surface area contributed by atoms with Gasteiger partial charge in [-0.15, -0.1) is 0 Å². The molecule has 0 aliphatic heterocycles. The lowest BCUT2D eigenvalue weighted by atomic mass is 10.1. The van der Waals surface area contributed by atoms with E-state index in [-0.39, 0.29) is 25.1 Å². The third-order valence-electron chi connectivity index (χ3n) is 3.55. The van der Waals surface area contributed by atoms with Crippen LogP contribution in [0, 0.1) is 0 Å². The Morgan fingerprint density at radius 3 is 2.74 bits per heavy atom. The summed E-state index contributed by atoms with van der Waals surface area (Å²) >= 11 is 0. The molecule has 0 heterocycles. The van der Waals surface area contributed by atoms with E-state index in [4.69, 9.17) is 9.84 Å². The predicted octanol–water partition coefficient (Wildman–Crippen LogP) is 2.48. The third-order valence-corrected chi connectivity index (χ3v) is 3.55. The molecule has 5 nitrogen and oxygen atoms in total. The third kappa shape index (κ3) is 4.72. The number of carbonyl (C=O) groups excluding carboxylic acids is 1. The fraction of sp³-hybridized carbons (Fsp3) is 0.278. The van der Waals surface area contributed by atoms with Gasteiger partial charge in [0.15, 0.2) is 0 Å². The van der Waals surface area contributed by atoms with Gasteiger partial charge in [0.2, 0.25) is 5.91 Å². The number of aliphatic hydroxyl groups is 1. The van der Waals surface area contributed by atoms with E-state index in [1.807, 2.05) is 55.5 Å². The number of amides is 1. The highest BCUT2D eigenvalue weighted by atomic mass is 16.5. The van der Waals surface area contributed by atoms with Crippen LogP contribution in [-0.4, -0.2) is 24.7 Å². The number of ether oxygens (including phenoxy) is 1. The lowest BCUT2D eigenvalue weighted by Crippen LogP contribution is -2.32. The molecule has 0 spiro atoms. The molecule has 2 aromatic carbocycles. The molecule has 2 rings (SSSR count). The molecule has 23 heavy (non-hydrogen) atoms. The first-order valence-electron chi connectivity index (χ1n) is 7.50. The minimum absolute atomic E-state index is 0.0213. The molecule has 0 aromatic heterocycles. The molecular formula is C18H22N2O3. The molecule has 1 atom stereocenters. The van der Waals surface area contributed by atoms with Gasteiger partial charge in [0.1, 0.15) is 5.75 Å². The van der Waals surface area contributed by atoms with Gasteiger partial charge in [-0.1, -0.05) is 30.3 Å². The van der Waals surface area contributed by atoms with Gasteiger partial charge in [0, 0.05) is 11.3 Å². The van der Waals surface area contributed by atoms with Gasteiger partial charge in [-0.25, -0.2) is 0 Å². The van der Waals surface area contributed by atoms with Crippen LogP contribution in [0.1, 0.15) is 24.1 Å². The molecule has 1 unspecified atom stereocenters. The van der Waals surface area contributed by atoms with Gasteiger partial charge in [0.05, 0.1) is 26.3 Å². The molecule has 0 aliphatic carbocycles. The Kier molecular flexibility index (Phi) is 6.00. The van der Waals surface area contributed by atoms with E-state index in [1.165, 1.54) is 0 Å². The van der Waals surface area contributed by atoms with Crippen LogP contribution >= 0.6 is 0 Å². The number of carbonyl (C=O) groups is 1. The van der Waals surface area contributed by atoms with Crippen LogP contribution in [0.4, 0.5) is 5.69 Å². The van der Waals surface area contributed by atoms with Gasteiger partial charge >= 0.3 is 0 Å². The quantitative estimate of drug-likeness (QED) is 0.734. The molecule has 5 heteroatoms. The number of aliphatic hydroxyl groups excluding tert-OH is 1. The smallest absolute Gasteiger partial charge is 0.239 e. The van der Waals surface area contributed by atoms with Crippen molar-refractivity contribution in [3.8, 4) is 5.75 Å². The van der Waals surface area contributed by atoms with Crippen LogP contribution < -0.4 is 15.4 Å². The largest absolute Gasteiger partial charge is 0.496 e. The molecule has 0 saturated heterocycles. The van der Waals surface area contributed by atoms with Crippen molar-refractivity contribution in [2.45, 2.75) is 19.6 Å². The van der Waals surface area contributed by atoms with Crippen LogP contribution in [0.2, 0.25) is 0 Å². The second-order valence-electron chi connectivity index (χ2n) is 5.24. The van der Waals surface area contributed by atoms with Gasteiger partial charge in [-0.05, 0) is 30.7 Å². The molecule has 122 valence electrons. The summed E-state index contributed by atoms with van der Waals surface area (Å²) in [5.74, 6) is 0.640. The molecule has 0 saturated carbocycles. The zero-order valence-electron chi connectivity index (χ0n) is 13.4. The normalized spacial score (nSPS) is 11.6. The molecule has 0 radical (unpaired) electrons. The van der Waals surface area contributed by atoms with Crippen molar-refractivity contribution in [3.05, 3.63) is 59.7 Å². The molecule has 0 fully saturated rings. The SMILES string of the molecule is COc1ccccc1C(C)NC(=O)CNc1cccc(CO)c1. The summed E-state index contributed by atoms with van der Waals surface area (Å²) in [6.07, 6.45) is 0. The highest BCUT2D eigenvalue weighted by Gasteiger charge is 2.13. The average Bonchev–Trinajstić information content (AvgIpc) is 2.60. The minimum atomic E-state index is -0.149. The molecular weight excluding hydrogens is 292 g/mol. The number of nitrogens with one attached hydrogen (secondary N) is 2. The number of rotatable bonds is 7. The maximum atomic E-state index is 12.1. The average molecular weight is 314 g/mol. The summed E-state index contributed by atoms with van der Waals surface area (Å²) in [5.41, 5.74) is 2.54. The zero-order chi connectivity index (χ0) is 16.7. The summed E-state index contributed by atoms with van der Waals surface area (Å²) < 4.78 is 5.31. The number of methoxy groups -OCH3 is 1. The number of para-hydroxylation sites is 1. The number of hydrogen-bond acceptors (Lipinski definition) is 4. The standard InChI is InChI=1S/C18H22N2O3/c1-13(16-8-3-4-9-17(16)23-2)20-18(22)11-19-15-7-5-6-14(10-15)12-21/h3-10,13,19,21H,11-12H2,1-2H3,(H,20,22). The fourth-order valence-electron chi connectivity index (χ4n) is 2.36. The molecule has 2 aromatic rings. The number of hydrogen-bond donors (Lipinski definition) is 3. The molecule has 1 amide bonds. The summed E-state index contributed by atoms with van der Waals surface area (Å²) in [6, 6.07) is 14.8. The Balaban J connectivity index is 1.91. The van der Waals surface area contributed by atoms with Crippen LogP contribution in [-0.2, 0) is 11.4 Å². The monoisotopic (exact) mass is 314 g/mol. The first-order valence-corrected chi connectivity index (χ1v) is 7.50. The molecule has 3 N–H and O–H groups in total. The highest BCUT2D eigenvalue weighted by molar-refractivity contribution is 5.81. The van der Waals surface area contributed by atoms with Gasteiger partial charge in [0.25, 0.3) is 0 Å². The van der Waals surface area contributed by atoms with Crippen molar-refractivity contribution in [2.75, 3.05) is 19.0 Å². The Bertz CT molecular complexity index is 658. The van der Waals surface area contributed by atoms with E-state index in [0.29, 0.717) is 0 Å². The van der Waals surface area contributed by atoms with E-state index in [1.54, 1.807) is 7.11 Å². The van der Waals surface area contributed by atoms with Crippen LogP contribution in [0.25, 0.3) is 0 Å². The number of anilines is 1. The lowest BCUT2D eigenvalue weighted by Gasteiger charge is -2.17. The van der Waals surface area contributed by atoms with Crippen molar-refractivity contribution < 1.29 is 14.6 Å². The van der Waals surface area contributed by atoms with E-state index in [2.05, 4.69) is 10.6 Å². The van der Waals surface area contributed by atoms with Crippen LogP contribution in [0.3, 0.4) is 0 Å². The van der Waals surface area contributed by atoms with Crippen molar-refractivity contribution >= 4 is 11.6 Å². The van der Waals surface area contributed by atoms with E-state index in [0.717, 1.165) is 22.6 Å². The van der Waals surface area contributed by atoms with E-state index >= 15 is 0 Å². The Hall–Kier alpha value is -2.53. The van der Waals surface area contributed by atoms with E-state index in [9.17, 15) is 4.79 Å². The number of benzene rings is 2.